The maximum atomic E-state index is 13.4. The first-order chi connectivity index (χ1) is 17.9. The topological polar surface area (TPSA) is 76.6 Å². The van der Waals surface area contributed by atoms with Crippen molar-refractivity contribution >= 4 is 28.9 Å². The predicted molar refractivity (Wildman–Crippen MR) is 138 cm³/mol. The molecule has 0 aliphatic carbocycles. The van der Waals surface area contributed by atoms with Crippen molar-refractivity contribution in [3.8, 4) is 0 Å². The summed E-state index contributed by atoms with van der Waals surface area (Å²) in [6.07, 6.45) is 7.98. The molecule has 2 N–H and O–H groups in total. The number of hydrogen-bond donors (Lipinski definition) is 2. The highest BCUT2D eigenvalue weighted by molar-refractivity contribution is 5.91. The van der Waals surface area contributed by atoms with E-state index in [1.54, 1.807) is 4.90 Å². The summed E-state index contributed by atoms with van der Waals surface area (Å²) in [4.78, 5) is 32.1. The summed E-state index contributed by atoms with van der Waals surface area (Å²) in [6.45, 7) is 2.41. The number of aliphatic carboxylic acids is 1. The van der Waals surface area contributed by atoms with Crippen molar-refractivity contribution in [3.63, 3.8) is 0 Å². The van der Waals surface area contributed by atoms with Gasteiger partial charge in [-0.05, 0) is 86.0 Å². The monoisotopic (exact) mass is 507 g/mol. The van der Waals surface area contributed by atoms with Crippen LogP contribution in [0.1, 0.15) is 42.7 Å². The van der Waals surface area contributed by atoms with Gasteiger partial charge >= 0.3 is 5.97 Å². The van der Waals surface area contributed by atoms with Crippen molar-refractivity contribution in [1.82, 2.24) is 14.8 Å². The van der Waals surface area contributed by atoms with Crippen LogP contribution in [0.5, 0.6) is 0 Å². The number of amides is 1. The minimum atomic E-state index is -0.958. The number of carboxylic acid groups (broad SMARTS) is 1. The first kappa shape index (κ1) is 25.1. The van der Waals surface area contributed by atoms with Gasteiger partial charge in [0.1, 0.15) is 6.04 Å². The minimum Gasteiger partial charge on any atom is -0.480 e. The van der Waals surface area contributed by atoms with E-state index in [1.807, 2.05) is 12.1 Å². The van der Waals surface area contributed by atoms with E-state index in [1.165, 1.54) is 29.2 Å². The van der Waals surface area contributed by atoms with Crippen LogP contribution in [0, 0.1) is 17.6 Å². The van der Waals surface area contributed by atoms with Crippen LogP contribution in [0.3, 0.4) is 0 Å². The predicted octanol–water partition coefficient (Wildman–Crippen LogP) is 5.03. The van der Waals surface area contributed by atoms with Crippen molar-refractivity contribution in [2.45, 2.75) is 37.6 Å². The van der Waals surface area contributed by atoms with Gasteiger partial charge in [0.2, 0.25) is 5.91 Å². The van der Waals surface area contributed by atoms with Crippen molar-refractivity contribution in [3.05, 3.63) is 77.5 Å². The van der Waals surface area contributed by atoms with Crippen LogP contribution in [0.2, 0.25) is 0 Å². The smallest absolute Gasteiger partial charge is 0.321 e. The molecule has 2 fully saturated rings. The van der Waals surface area contributed by atoms with E-state index < -0.39 is 23.6 Å². The number of nitrogens with one attached hydrogen (secondary N) is 1. The van der Waals surface area contributed by atoms with Crippen LogP contribution < -0.4 is 0 Å². The molecule has 8 heteroatoms. The second-order valence-corrected chi connectivity index (χ2v) is 10.1. The van der Waals surface area contributed by atoms with Crippen molar-refractivity contribution in [2.75, 3.05) is 26.2 Å². The number of aromatic amines is 1. The van der Waals surface area contributed by atoms with Gasteiger partial charge in [0.15, 0.2) is 11.6 Å². The normalized spacial score (nSPS) is 19.0. The number of rotatable bonds is 6. The Morgan fingerprint density at radius 1 is 0.973 bits per heavy atom. The second-order valence-electron chi connectivity index (χ2n) is 10.1. The first-order valence-electron chi connectivity index (χ1n) is 12.9. The van der Waals surface area contributed by atoms with Crippen molar-refractivity contribution in [1.29, 1.82) is 0 Å². The van der Waals surface area contributed by atoms with Crippen LogP contribution in [0.15, 0.2) is 54.7 Å². The number of halogens is 2. The van der Waals surface area contributed by atoms with Crippen molar-refractivity contribution in [2.24, 2.45) is 5.92 Å². The highest BCUT2D eigenvalue weighted by atomic mass is 19.2. The van der Waals surface area contributed by atoms with Gasteiger partial charge in [-0.25, -0.2) is 8.78 Å². The van der Waals surface area contributed by atoms with E-state index in [2.05, 4.69) is 28.2 Å². The Morgan fingerprint density at radius 3 is 2.41 bits per heavy atom. The number of H-pyrrole nitrogens is 1. The zero-order valence-electron chi connectivity index (χ0n) is 20.6. The third-order valence-corrected chi connectivity index (χ3v) is 7.90. The molecule has 2 aromatic carbocycles. The Labute approximate surface area is 214 Å². The lowest BCUT2D eigenvalue weighted by Crippen LogP contribution is -2.52. The molecule has 5 rings (SSSR count). The van der Waals surface area contributed by atoms with Crippen LogP contribution >= 0.6 is 0 Å². The molecule has 0 spiro atoms. The zero-order valence-corrected chi connectivity index (χ0v) is 20.6. The van der Waals surface area contributed by atoms with E-state index in [0.29, 0.717) is 37.4 Å². The van der Waals surface area contributed by atoms with Gasteiger partial charge in [0, 0.05) is 36.3 Å². The molecule has 1 unspecified atom stereocenters. The van der Waals surface area contributed by atoms with E-state index in [4.69, 9.17) is 0 Å². The van der Waals surface area contributed by atoms with E-state index >= 15 is 0 Å². The Hall–Kier alpha value is -3.52. The van der Waals surface area contributed by atoms with Gasteiger partial charge in [-0.2, -0.15) is 0 Å². The van der Waals surface area contributed by atoms with Crippen LogP contribution in [-0.2, 0) is 9.59 Å². The minimum absolute atomic E-state index is 0.0265. The largest absolute Gasteiger partial charge is 0.480 e. The summed E-state index contributed by atoms with van der Waals surface area (Å²) >= 11 is 0. The molecular weight excluding hydrogens is 476 g/mol. The average molecular weight is 508 g/mol. The molecule has 2 aliphatic heterocycles. The summed E-state index contributed by atoms with van der Waals surface area (Å²) in [5, 5.41) is 11.3. The Kier molecular flexibility index (Phi) is 7.37. The number of benzene rings is 2. The molecular formula is C29H31F2N3O3. The summed E-state index contributed by atoms with van der Waals surface area (Å²) < 4.78 is 26.5. The third kappa shape index (κ3) is 5.44. The average Bonchev–Trinajstić information content (AvgIpc) is 3.34. The molecule has 6 nitrogen and oxygen atoms in total. The summed E-state index contributed by atoms with van der Waals surface area (Å²) in [6, 6.07) is 11.2. The lowest BCUT2D eigenvalue weighted by atomic mass is 9.84. The highest BCUT2D eigenvalue weighted by Gasteiger charge is 2.38. The van der Waals surface area contributed by atoms with E-state index in [9.17, 15) is 23.5 Å². The molecule has 2 saturated heterocycles. The molecule has 1 aromatic heterocycles. The van der Waals surface area contributed by atoms with Gasteiger partial charge in [-0.1, -0.05) is 24.3 Å². The lowest BCUT2D eigenvalue weighted by molar-refractivity contribution is -0.147. The van der Waals surface area contributed by atoms with Gasteiger partial charge in [0.05, 0.1) is 0 Å². The SMILES string of the molecule is O=C(O)C(C1CCN(C(=O)/C=C/c2ccc(F)c(F)c2)CC1)N1CCC(c2c[nH]c3ccccc23)CC1. The van der Waals surface area contributed by atoms with Crippen LogP contribution in [0.4, 0.5) is 8.78 Å². The fraction of sp³-hybridized carbons (Fsp3) is 0.379. The maximum absolute atomic E-state index is 13.4. The Balaban J connectivity index is 1.16. The number of nitrogens with zero attached hydrogens (tertiary/aromatic N) is 2. The summed E-state index contributed by atoms with van der Waals surface area (Å²) in [5.74, 6) is -2.52. The number of para-hydroxylation sites is 1. The number of likely N-dealkylation sites (tertiary alicyclic amines) is 2. The van der Waals surface area contributed by atoms with Crippen LogP contribution in [0.25, 0.3) is 17.0 Å². The third-order valence-electron chi connectivity index (χ3n) is 7.90. The number of carbonyl (C=O) groups is 2. The molecule has 0 saturated carbocycles. The molecule has 1 amide bonds. The first-order valence-corrected chi connectivity index (χ1v) is 12.9. The summed E-state index contributed by atoms with van der Waals surface area (Å²) in [7, 11) is 0. The number of piperidine rings is 2. The molecule has 37 heavy (non-hydrogen) atoms. The summed E-state index contributed by atoms with van der Waals surface area (Å²) in [5.41, 5.74) is 2.85. The van der Waals surface area contributed by atoms with Gasteiger partial charge < -0.3 is 15.0 Å². The molecule has 3 aromatic rings. The van der Waals surface area contributed by atoms with E-state index in [0.717, 1.165) is 43.6 Å². The maximum Gasteiger partial charge on any atom is 0.321 e. The number of hydrogen-bond acceptors (Lipinski definition) is 3. The zero-order chi connectivity index (χ0) is 25.9. The molecule has 3 heterocycles. The molecule has 194 valence electrons. The Morgan fingerprint density at radius 2 is 1.70 bits per heavy atom. The van der Waals surface area contributed by atoms with Gasteiger partial charge in [0.25, 0.3) is 0 Å². The molecule has 0 bridgehead atoms. The second kappa shape index (κ2) is 10.8. The number of carboxylic acids is 1. The molecule has 1 atom stereocenters. The number of carbonyl (C=O) groups excluding carboxylic acids is 1. The highest BCUT2D eigenvalue weighted by Crippen LogP contribution is 2.35. The standard InChI is InChI=1S/C29H31F2N3O3/c30-24-7-5-19(17-25(24)31)6-8-27(35)33-13-11-21(12-14-33)28(29(36)37)34-15-9-20(10-16-34)23-18-32-26-4-2-1-3-22(23)26/h1-8,17-18,20-21,28,32H,9-16H2,(H,36,37)/b8-6+. The van der Waals surface area contributed by atoms with E-state index in [-0.39, 0.29) is 11.8 Å². The van der Waals surface area contributed by atoms with Crippen LogP contribution in [-0.4, -0.2) is 64.0 Å². The number of aromatic nitrogens is 1. The van der Waals surface area contributed by atoms with Gasteiger partial charge in [-0.15, -0.1) is 0 Å². The fourth-order valence-corrected chi connectivity index (χ4v) is 5.90. The fourth-order valence-electron chi connectivity index (χ4n) is 5.90. The molecule has 0 radical (unpaired) electrons. The van der Waals surface area contributed by atoms with Crippen molar-refractivity contribution < 1.29 is 23.5 Å². The van der Waals surface area contributed by atoms with Gasteiger partial charge in [-0.3, -0.25) is 14.5 Å². The quantitative estimate of drug-likeness (QED) is 0.459. The Bertz CT molecular complexity index is 1300. The molecule has 2 aliphatic rings. The lowest BCUT2D eigenvalue weighted by Gasteiger charge is -2.41. The number of fused-ring (bicyclic) bond motifs is 1.